The number of rotatable bonds is 4. The van der Waals surface area contributed by atoms with Gasteiger partial charge < -0.3 is 5.32 Å². The smallest absolute Gasteiger partial charge is 0.325 e. The van der Waals surface area contributed by atoms with Crippen molar-refractivity contribution in [1.82, 2.24) is 19.6 Å². The van der Waals surface area contributed by atoms with E-state index in [1.807, 2.05) is 0 Å². The first-order valence-corrected chi connectivity index (χ1v) is 9.24. The molecule has 0 unspecified atom stereocenters. The second-order valence-electron chi connectivity index (χ2n) is 6.29. The second-order valence-corrected chi connectivity index (χ2v) is 7.23. The highest BCUT2D eigenvalue weighted by atomic mass is 32.2. The van der Waals surface area contributed by atoms with Crippen LogP contribution in [0.25, 0.3) is 5.78 Å². The van der Waals surface area contributed by atoms with Crippen LogP contribution < -0.4 is 5.32 Å². The Labute approximate surface area is 169 Å². The molecule has 3 rings (SSSR count). The molecule has 13 heteroatoms. The van der Waals surface area contributed by atoms with Crippen molar-refractivity contribution in [2.75, 3.05) is 11.1 Å². The molecule has 0 radical (unpaired) electrons. The van der Waals surface area contributed by atoms with Gasteiger partial charge in [-0.25, -0.2) is 4.98 Å². The Kier molecular flexibility index (Phi) is 5.67. The van der Waals surface area contributed by atoms with Gasteiger partial charge in [0.1, 0.15) is 0 Å². The molecule has 6 nitrogen and oxygen atoms in total. The Morgan fingerprint density at radius 2 is 1.60 bits per heavy atom. The lowest BCUT2D eigenvalue weighted by Gasteiger charge is -2.14. The van der Waals surface area contributed by atoms with Crippen LogP contribution in [0.4, 0.5) is 32.0 Å². The van der Waals surface area contributed by atoms with E-state index in [1.165, 1.54) is 0 Å². The number of halogens is 6. The van der Waals surface area contributed by atoms with Crippen molar-refractivity contribution in [2.45, 2.75) is 31.4 Å². The molecule has 0 saturated carbocycles. The third kappa shape index (κ3) is 4.83. The van der Waals surface area contributed by atoms with Crippen LogP contribution in [0.5, 0.6) is 0 Å². The fourth-order valence-electron chi connectivity index (χ4n) is 2.65. The fraction of sp³-hybridized carbons (Fsp3) is 0.294. The maximum atomic E-state index is 12.9. The number of nitrogens with zero attached hydrogens (tertiary/aromatic N) is 4. The minimum Gasteiger partial charge on any atom is -0.325 e. The van der Waals surface area contributed by atoms with E-state index in [4.69, 9.17) is 0 Å². The van der Waals surface area contributed by atoms with Crippen molar-refractivity contribution in [2.24, 2.45) is 0 Å². The minimum absolute atomic E-state index is 0.00942. The van der Waals surface area contributed by atoms with Crippen LogP contribution in [0.15, 0.2) is 29.4 Å². The molecule has 0 atom stereocenters. The fourth-order valence-corrected chi connectivity index (χ4v) is 3.43. The van der Waals surface area contributed by atoms with E-state index in [1.54, 1.807) is 24.3 Å². The van der Waals surface area contributed by atoms with Crippen LogP contribution in [0.2, 0.25) is 0 Å². The van der Waals surface area contributed by atoms with E-state index in [-0.39, 0.29) is 11.8 Å². The molecule has 2 heterocycles. The lowest BCUT2D eigenvalue weighted by molar-refractivity contribution is -0.143. The molecule has 1 aromatic carbocycles. The average molecular weight is 449 g/mol. The maximum absolute atomic E-state index is 12.9. The standard InChI is InChI=1S/C17H13F6N5OS/c1-8-3-9(2)28-14(24-8)26-27-15(28)30-7-13(29)25-12-5-10(16(18,19)20)4-11(6-12)17(21,22)23/h3-6H,7H2,1-2H3,(H,25,29). The van der Waals surface area contributed by atoms with Crippen LogP contribution in [-0.2, 0) is 17.1 Å². The molecule has 1 N–H and O–H groups in total. The van der Waals surface area contributed by atoms with Crippen LogP contribution in [0.3, 0.4) is 0 Å². The largest absolute Gasteiger partial charge is 0.416 e. The van der Waals surface area contributed by atoms with Gasteiger partial charge in [-0.2, -0.15) is 26.3 Å². The van der Waals surface area contributed by atoms with Crippen LogP contribution >= 0.6 is 11.8 Å². The molecule has 0 aliphatic heterocycles. The molecule has 160 valence electrons. The van der Waals surface area contributed by atoms with Gasteiger partial charge in [0.15, 0.2) is 5.16 Å². The Morgan fingerprint density at radius 1 is 1.00 bits per heavy atom. The van der Waals surface area contributed by atoms with Crippen molar-refractivity contribution in [1.29, 1.82) is 0 Å². The first-order valence-electron chi connectivity index (χ1n) is 8.26. The number of aryl methyl sites for hydroxylation is 2. The van der Waals surface area contributed by atoms with Gasteiger partial charge in [0.2, 0.25) is 5.91 Å². The number of anilines is 1. The first-order chi connectivity index (χ1) is 13.8. The maximum Gasteiger partial charge on any atom is 0.416 e. The van der Waals surface area contributed by atoms with Crippen LogP contribution in [0, 0.1) is 13.8 Å². The molecule has 0 spiro atoms. The summed E-state index contributed by atoms with van der Waals surface area (Å²) in [7, 11) is 0. The number of alkyl halides is 6. The van der Waals surface area contributed by atoms with Gasteiger partial charge in [0, 0.05) is 17.1 Å². The second kappa shape index (κ2) is 7.78. The van der Waals surface area contributed by atoms with Gasteiger partial charge in [-0.05, 0) is 38.1 Å². The summed E-state index contributed by atoms with van der Waals surface area (Å²) in [5.74, 6) is -0.809. The summed E-state index contributed by atoms with van der Waals surface area (Å²) in [5.41, 5.74) is -2.17. The van der Waals surface area contributed by atoms with E-state index in [0.29, 0.717) is 28.8 Å². The molecular formula is C17H13F6N5OS. The Balaban J connectivity index is 1.78. The molecule has 1 amide bonds. The number of carbonyl (C=O) groups excluding carboxylic acids is 1. The summed E-state index contributed by atoms with van der Waals surface area (Å²) in [4.78, 5) is 16.3. The summed E-state index contributed by atoms with van der Waals surface area (Å²) in [6, 6.07) is 2.65. The number of thioether (sulfide) groups is 1. The zero-order valence-corrected chi connectivity index (χ0v) is 16.2. The van der Waals surface area contributed by atoms with E-state index >= 15 is 0 Å². The Hall–Kier alpha value is -2.83. The lowest BCUT2D eigenvalue weighted by Crippen LogP contribution is -2.17. The number of hydrogen-bond acceptors (Lipinski definition) is 5. The molecule has 0 aliphatic rings. The monoisotopic (exact) mass is 449 g/mol. The lowest BCUT2D eigenvalue weighted by atomic mass is 10.1. The molecule has 0 fully saturated rings. The van der Waals surface area contributed by atoms with E-state index in [9.17, 15) is 31.1 Å². The first kappa shape index (κ1) is 21.9. The number of amides is 1. The highest BCUT2D eigenvalue weighted by Gasteiger charge is 2.37. The van der Waals surface area contributed by atoms with Crippen molar-refractivity contribution in [3.63, 3.8) is 0 Å². The molecule has 2 aromatic heterocycles. The number of hydrogen-bond donors (Lipinski definition) is 1. The number of carbonyl (C=O) groups is 1. The zero-order valence-electron chi connectivity index (χ0n) is 15.4. The van der Waals surface area contributed by atoms with E-state index in [2.05, 4.69) is 20.5 Å². The molecule has 0 aliphatic carbocycles. The highest BCUT2D eigenvalue weighted by Crippen LogP contribution is 2.37. The number of benzene rings is 1. The van der Waals surface area contributed by atoms with Crippen molar-refractivity contribution >= 4 is 29.1 Å². The van der Waals surface area contributed by atoms with Gasteiger partial charge in [0.05, 0.1) is 16.9 Å². The van der Waals surface area contributed by atoms with Gasteiger partial charge in [0.25, 0.3) is 5.78 Å². The van der Waals surface area contributed by atoms with Gasteiger partial charge in [-0.1, -0.05) is 11.8 Å². The topological polar surface area (TPSA) is 72.2 Å². The summed E-state index contributed by atoms with van der Waals surface area (Å²) in [6.07, 6.45) is -10.0. The summed E-state index contributed by atoms with van der Waals surface area (Å²) < 4.78 is 79.1. The predicted octanol–water partition coefficient (Wildman–Crippen LogP) is 4.51. The minimum atomic E-state index is -5.00. The summed E-state index contributed by atoms with van der Waals surface area (Å²) in [5, 5.41) is 10.2. The zero-order chi connectivity index (χ0) is 22.3. The third-order valence-electron chi connectivity index (χ3n) is 3.87. The molecule has 0 bridgehead atoms. The number of nitrogens with one attached hydrogen (secondary N) is 1. The molecule has 0 saturated heterocycles. The summed E-state index contributed by atoms with van der Waals surface area (Å²) in [6.45, 7) is 3.54. The predicted molar refractivity (Wildman–Crippen MR) is 96.1 cm³/mol. The average Bonchev–Trinajstić information content (AvgIpc) is 3.01. The Morgan fingerprint density at radius 3 is 2.17 bits per heavy atom. The molecular weight excluding hydrogens is 436 g/mol. The Bertz CT molecular complexity index is 1080. The van der Waals surface area contributed by atoms with Crippen molar-refractivity contribution in [3.05, 3.63) is 46.8 Å². The normalized spacial score (nSPS) is 12.4. The van der Waals surface area contributed by atoms with Gasteiger partial charge in [-0.15, -0.1) is 10.2 Å². The quantitative estimate of drug-likeness (QED) is 0.469. The number of fused-ring (bicyclic) bond motifs is 1. The van der Waals surface area contributed by atoms with E-state index in [0.717, 1.165) is 17.5 Å². The highest BCUT2D eigenvalue weighted by molar-refractivity contribution is 7.99. The van der Waals surface area contributed by atoms with Gasteiger partial charge in [-0.3, -0.25) is 9.20 Å². The summed E-state index contributed by atoms with van der Waals surface area (Å²) >= 11 is 0.916. The van der Waals surface area contributed by atoms with Crippen molar-refractivity contribution < 1.29 is 31.1 Å². The van der Waals surface area contributed by atoms with Crippen LogP contribution in [-0.4, -0.2) is 31.2 Å². The third-order valence-corrected chi connectivity index (χ3v) is 4.80. The number of aromatic nitrogens is 4. The van der Waals surface area contributed by atoms with Gasteiger partial charge >= 0.3 is 12.4 Å². The van der Waals surface area contributed by atoms with E-state index < -0.39 is 35.1 Å². The molecule has 30 heavy (non-hydrogen) atoms. The SMILES string of the molecule is Cc1cc(C)n2c(SCC(=O)Nc3cc(C(F)(F)F)cc(C(F)(F)F)c3)nnc2n1. The van der Waals surface area contributed by atoms with Crippen molar-refractivity contribution in [3.8, 4) is 0 Å². The van der Waals surface area contributed by atoms with Crippen LogP contribution in [0.1, 0.15) is 22.5 Å². The molecule has 3 aromatic rings.